The Kier molecular flexibility index (Phi) is 6.91. The number of carbonyl (C=O) groups is 3. The Hall–Kier alpha value is -1.34. The molecule has 1 aromatic rings. The van der Waals surface area contributed by atoms with Crippen molar-refractivity contribution in [1.29, 1.82) is 0 Å². The van der Waals surface area contributed by atoms with Gasteiger partial charge in [-0.15, -0.1) is 23.1 Å². The summed E-state index contributed by atoms with van der Waals surface area (Å²) in [6.45, 7) is 0. The van der Waals surface area contributed by atoms with Crippen molar-refractivity contribution in [3.05, 3.63) is 22.8 Å². The average molecular weight is 426 g/mol. The second kappa shape index (κ2) is 8.57. The first-order valence-corrected chi connectivity index (χ1v) is 8.86. The van der Waals surface area contributed by atoms with Crippen molar-refractivity contribution in [2.75, 3.05) is 18.6 Å². The number of carboxylic acid groups (broad SMARTS) is 1. The number of β-lactam (4-membered cyclic amide) rings is 1. The molecule has 0 aromatic carbocycles. The number of aromatic nitrogens is 1. The summed E-state index contributed by atoms with van der Waals surface area (Å²) in [6.07, 6.45) is 1.31. The van der Waals surface area contributed by atoms with Crippen LogP contribution in [0.2, 0.25) is 0 Å². The third-order valence-electron chi connectivity index (χ3n) is 3.51. The number of amides is 2. The van der Waals surface area contributed by atoms with Gasteiger partial charge in [0.1, 0.15) is 24.2 Å². The quantitative estimate of drug-likeness (QED) is 0.224. The molecule has 0 saturated carbocycles. The Morgan fingerprint density at radius 3 is 2.85 bits per heavy atom. The van der Waals surface area contributed by atoms with Crippen molar-refractivity contribution < 1.29 is 24.3 Å². The summed E-state index contributed by atoms with van der Waals surface area (Å²) >= 11 is 2.41. The van der Waals surface area contributed by atoms with E-state index >= 15 is 0 Å². The number of rotatable bonds is 5. The van der Waals surface area contributed by atoms with Crippen molar-refractivity contribution in [3.8, 4) is 0 Å². The van der Waals surface area contributed by atoms with Crippen LogP contribution < -0.4 is 11.1 Å². The van der Waals surface area contributed by atoms with E-state index in [0.29, 0.717) is 0 Å². The van der Waals surface area contributed by atoms with Crippen molar-refractivity contribution in [2.24, 2.45) is 5.16 Å². The first-order valence-electron chi connectivity index (χ1n) is 6.93. The van der Waals surface area contributed by atoms with Crippen LogP contribution in [-0.4, -0.2) is 101 Å². The van der Waals surface area contributed by atoms with Crippen molar-refractivity contribution in [1.82, 2.24) is 15.2 Å². The van der Waals surface area contributed by atoms with Gasteiger partial charge in [0.2, 0.25) is 0 Å². The Bertz CT molecular complexity index is 811. The number of nitrogen functional groups attached to an aromatic ring is 1. The Labute approximate surface area is 185 Å². The molecule has 2 atom stereocenters. The van der Waals surface area contributed by atoms with Crippen molar-refractivity contribution in [3.63, 3.8) is 0 Å². The molecule has 0 bridgehead atoms. The maximum atomic E-state index is 12.5. The first-order chi connectivity index (χ1) is 11.9. The van der Waals surface area contributed by atoms with Crippen LogP contribution in [0.3, 0.4) is 0 Å². The molecule has 0 spiro atoms. The summed E-state index contributed by atoms with van der Waals surface area (Å²) in [5.74, 6) is -1.84. The van der Waals surface area contributed by atoms with Gasteiger partial charge >= 0.3 is 43.7 Å². The number of nitrogens with two attached hydrogens (primary N) is 1. The van der Waals surface area contributed by atoms with Crippen LogP contribution in [-0.2, 0) is 19.2 Å². The zero-order chi connectivity index (χ0) is 18.1. The number of nitrogens with zero attached hydrogens (tertiary/aromatic N) is 3. The number of hydrogen-bond acceptors (Lipinski definition) is 9. The second-order valence-corrected chi connectivity index (χ2v) is 7.05. The van der Waals surface area contributed by atoms with Gasteiger partial charge in [-0.2, -0.15) is 0 Å². The molecule has 1 aromatic heterocycles. The predicted octanol–water partition coefficient (Wildman–Crippen LogP) is -1.47. The van der Waals surface area contributed by atoms with Gasteiger partial charge in [0, 0.05) is 17.3 Å². The van der Waals surface area contributed by atoms with Crippen LogP contribution in [0, 0.1) is 0 Å². The molecule has 3 heterocycles. The van der Waals surface area contributed by atoms with Crippen LogP contribution in [0.5, 0.6) is 0 Å². The maximum absolute atomic E-state index is 12.5. The number of anilines is 1. The molecule has 1 unspecified atom stereocenters. The topological polar surface area (TPSA) is 147 Å². The second-order valence-electron chi connectivity index (χ2n) is 5.05. The molecule has 136 valence electrons. The fourth-order valence-electron chi connectivity index (χ4n) is 2.33. The van der Waals surface area contributed by atoms with Crippen LogP contribution in [0.15, 0.2) is 22.3 Å². The van der Waals surface area contributed by atoms with E-state index in [1.807, 2.05) is 0 Å². The van der Waals surface area contributed by atoms with Gasteiger partial charge in [-0.25, -0.2) is 9.78 Å². The molecule has 2 aliphatic rings. The third kappa shape index (κ3) is 3.98. The number of oxime groups is 1. The zero-order valence-electron chi connectivity index (χ0n) is 12.8. The minimum absolute atomic E-state index is 0. The monoisotopic (exact) mass is 425 g/mol. The summed E-state index contributed by atoms with van der Waals surface area (Å²) in [7, 11) is 1.29. The zero-order valence-corrected chi connectivity index (χ0v) is 14.5. The van der Waals surface area contributed by atoms with Gasteiger partial charge in [0.25, 0.3) is 11.8 Å². The van der Waals surface area contributed by atoms with Crippen LogP contribution in [0.4, 0.5) is 5.13 Å². The molecule has 0 aliphatic carbocycles. The van der Waals surface area contributed by atoms with Gasteiger partial charge < -0.3 is 25.9 Å². The van der Waals surface area contributed by atoms with E-state index in [-0.39, 0.29) is 76.9 Å². The van der Waals surface area contributed by atoms with E-state index < -0.39 is 17.9 Å². The van der Waals surface area contributed by atoms with E-state index in [2.05, 4.69) is 20.3 Å². The van der Waals surface area contributed by atoms with E-state index in [1.54, 1.807) is 5.38 Å². The molecule has 0 radical (unpaired) electrons. The molecule has 4 N–H and O–H groups in total. The van der Waals surface area contributed by atoms with E-state index in [0.717, 1.165) is 11.3 Å². The van der Waals surface area contributed by atoms with Crippen molar-refractivity contribution in [2.45, 2.75) is 11.4 Å². The molecule has 3 rings (SSSR count). The fourth-order valence-corrected chi connectivity index (χ4v) is 4.13. The summed E-state index contributed by atoms with van der Waals surface area (Å²) in [6, 6.07) is -0.776. The number of thiazole rings is 1. The normalized spacial score (nSPS) is 21.7. The number of hydrogen-bond donors (Lipinski definition) is 3. The minimum atomic E-state index is -1.07. The fraction of sp³-hybridized carbons (Fsp3) is 0.308. The Balaban J connectivity index is 0.00000243. The molecule has 26 heavy (non-hydrogen) atoms. The predicted molar refractivity (Wildman–Crippen MR) is 99.4 cm³/mol. The third-order valence-corrected chi connectivity index (χ3v) is 5.50. The summed E-state index contributed by atoms with van der Waals surface area (Å²) in [5.41, 5.74) is 5.85. The van der Waals surface area contributed by atoms with Gasteiger partial charge in [-0.3, -0.25) is 9.59 Å². The van der Waals surface area contributed by atoms with Crippen molar-refractivity contribution >= 4 is 89.5 Å². The number of fused-ring (bicyclic) bond motifs is 1. The molecular weight excluding hydrogens is 410 g/mol. The molecule has 1 fully saturated rings. The molecule has 2 aliphatic heterocycles. The number of thioether (sulfide) groups is 1. The average Bonchev–Trinajstić information content (AvgIpc) is 3.02. The summed E-state index contributed by atoms with van der Waals surface area (Å²) < 4.78 is 0. The molecular formula is C13H15CaN5O5S2. The number of aliphatic carboxylic acids is 1. The van der Waals surface area contributed by atoms with E-state index in [9.17, 15) is 14.4 Å². The standard InChI is InChI=1S/C13H13N5O5S2.Ca.2H/c1-23-17-7(6-4-25-13(14)15-6)9(19)16-8-10(20)18-2-5(12(21)22)3-24-11(8)18;;;/h2,4,8,11H,3H2,1H3,(H2,14,15)(H,16,19)(H,21,22);;;/t8?,11-;;;/m1.../s1. The van der Waals surface area contributed by atoms with Gasteiger partial charge in [-0.05, 0) is 0 Å². The summed E-state index contributed by atoms with van der Waals surface area (Å²) in [5, 5.41) is 16.7. The molecule has 10 nitrogen and oxygen atoms in total. The van der Waals surface area contributed by atoms with E-state index in [1.165, 1.54) is 30.0 Å². The van der Waals surface area contributed by atoms with Crippen LogP contribution in [0.1, 0.15) is 5.69 Å². The molecule has 13 heteroatoms. The van der Waals surface area contributed by atoms with Gasteiger partial charge in [0.15, 0.2) is 10.8 Å². The number of carbonyl (C=O) groups excluding carboxylic acids is 2. The van der Waals surface area contributed by atoms with Crippen LogP contribution >= 0.6 is 23.1 Å². The van der Waals surface area contributed by atoms with Crippen LogP contribution in [0.25, 0.3) is 0 Å². The Morgan fingerprint density at radius 1 is 1.54 bits per heavy atom. The number of carboxylic acids is 1. The van der Waals surface area contributed by atoms with Gasteiger partial charge in [0.05, 0.1) is 5.57 Å². The van der Waals surface area contributed by atoms with E-state index in [4.69, 9.17) is 10.8 Å². The number of nitrogens with one attached hydrogen (secondary N) is 1. The SMILES string of the molecule is CON=C(C(=O)NC1C(=O)N2C=C(C(=O)O)CS[C@H]12)c1csc(N)n1.[CaH2]. The first kappa shape index (κ1) is 21.0. The molecule has 1 saturated heterocycles. The Morgan fingerprint density at radius 2 is 2.27 bits per heavy atom. The summed E-state index contributed by atoms with van der Waals surface area (Å²) in [4.78, 5) is 45.6. The molecule has 2 amide bonds. The van der Waals surface area contributed by atoms with Gasteiger partial charge in [-0.1, -0.05) is 5.16 Å².